The fourth-order valence-electron chi connectivity index (χ4n) is 2.01. The van der Waals surface area contributed by atoms with Crippen LogP contribution < -0.4 is 10.5 Å². The zero-order valence-electron chi connectivity index (χ0n) is 11.0. The van der Waals surface area contributed by atoms with Crippen LogP contribution in [0.3, 0.4) is 0 Å². The molecule has 3 rings (SSSR count). The van der Waals surface area contributed by atoms with Gasteiger partial charge in [0.05, 0.1) is 18.5 Å². The number of hydrogen-bond acceptors (Lipinski definition) is 4. The van der Waals surface area contributed by atoms with E-state index >= 15 is 0 Å². The van der Waals surface area contributed by atoms with E-state index in [0.717, 1.165) is 22.7 Å². The molecule has 2 aromatic heterocycles. The SMILES string of the molecule is COc1cccc(-c2cc(N)n(-c3ccncc3)n2)c1. The fourth-order valence-corrected chi connectivity index (χ4v) is 2.01. The van der Waals surface area contributed by atoms with Crippen LogP contribution >= 0.6 is 0 Å². The number of hydrogen-bond donors (Lipinski definition) is 1. The summed E-state index contributed by atoms with van der Waals surface area (Å²) < 4.78 is 6.91. The molecule has 5 nitrogen and oxygen atoms in total. The van der Waals surface area contributed by atoms with E-state index in [9.17, 15) is 0 Å². The molecule has 0 aliphatic carbocycles. The number of nitrogens with two attached hydrogens (primary N) is 1. The van der Waals surface area contributed by atoms with Crippen LogP contribution in [-0.4, -0.2) is 21.9 Å². The number of ether oxygens (including phenoxy) is 1. The molecule has 5 heteroatoms. The van der Waals surface area contributed by atoms with Crippen LogP contribution in [0.4, 0.5) is 5.82 Å². The maximum atomic E-state index is 6.03. The third-order valence-corrected chi connectivity index (χ3v) is 3.01. The lowest BCUT2D eigenvalue weighted by molar-refractivity contribution is 0.415. The maximum absolute atomic E-state index is 6.03. The van der Waals surface area contributed by atoms with Crippen LogP contribution in [0, 0.1) is 0 Å². The lowest BCUT2D eigenvalue weighted by Gasteiger charge is -2.03. The summed E-state index contributed by atoms with van der Waals surface area (Å²) in [5.41, 5.74) is 8.68. The van der Waals surface area contributed by atoms with Gasteiger partial charge in [0.25, 0.3) is 0 Å². The molecule has 0 saturated heterocycles. The molecule has 0 atom stereocenters. The number of pyridine rings is 1. The molecule has 0 fully saturated rings. The zero-order valence-corrected chi connectivity index (χ0v) is 11.0. The Morgan fingerprint density at radius 1 is 1.10 bits per heavy atom. The van der Waals surface area contributed by atoms with E-state index in [-0.39, 0.29) is 0 Å². The molecular formula is C15H14N4O. The Morgan fingerprint density at radius 3 is 2.65 bits per heavy atom. The third-order valence-electron chi connectivity index (χ3n) is 3.01. The molecule has 1 aromatic carbocycles. The van der Waals surface area contributed by atoms with Crippen molar-refractivity contribution in [3.8, 4) is 22.7 Å². The Hall–Kier alpha value is -2.82. The minimum absolute atomic E-state index is 0.578. The molecule has 2 N–H and O–H groups in total. The molecule has 20 heavy (non-hydrogen) atoms. The minimum Gasteiger partial charge on any atom is -0.497 e. The normalized spacial score (nSPS) is 10.4. The summed E-state index contributed by atoms with van der Waals surface area (Å²) in [5, 5.41) is 4.53. The highest BCUT2D eigenvalue weighted by Crippen LogP contribution is 2.25. The minimum atomic E-state index is 0.578. The highest BCUT2D eigenvalue weighted by atomic mass is 16.5. The van der Waals surface area contributed by atoms with Crippen LogP contribution in [0.5, 0.6) is 5.75 Å². The second-order valence-electron chi connectivity index (χ2n) is 4.30. The zero-order chi connectivity index (χ0) is 13.9. The van der Waals surface area contributed by atoms with E-state index in [1.165, 1.54) is 0 Å². The Balaban J connectivity index is 2.04. The first-order valence-corrected chi connectivity index (χ1v) is 6.18. The van der Waals surface area contributed by atoms with Gasteiger partial charge in [0.15, 0.2) is 0 Å². The number of aromatic nitrogens is 3. The van der Waals surface area contributed by atoms with E-state index in [1.807, 2.05) is 42.5 Å². The van der Waals surface area contributed by atoms with Crippen molar-refractivity contribution in [3.63, 3.8) is 0 Å². The van der Waals surface area contributed by atoms with Gasteiger partial charge in [-0.05, 0) is 24.3 Å². The van der Waals surface area contributed by atoms with Gasteiger partial charge in [0.2, 0.25) is 0 Å². The Kier molecular flexibility index (Phi) is 3.09. The Morgan fingerprint density at radius 2 is 1.90 bits per heavy atom. The molecule has 0 radical (unpaired) electrons. The molecule has 2 heterocycles. The van der Waals surface area contributed by atoms with E-state index < -0.39 is 0 Å². The van der Waals surface area contributed by atoms with Gasteiger partial charge in [0.1, 0.15) is 11.6 Å². The standard InChI is InChI=1S/C15H14N4O/c1-20-13-4-2-3-11(9-13)14-10-15(16)19(18-14)12-5-7-17-8-6-12/h2-10H,16H2,1H3. The number of nitrogens with zero attached hydrogens (tertiary/aromatic N) is 3. The highest BCUT2D eigenvalue weighted by Gasteiger charge is 2.09. The fraction of sp³-hybridized carbons (Fsp3) is 0.0667. The first kappa shape index (κ1) is 12.2. The van der Waals surface area contributed by atoms with E-state index in [1.54, 1.807) is 24.2 Å². The van der Waals surface area contributed by atoms with Gasteiger partial charge in [0, 0.05) is 24.0 Å². The van der Waals surface area contributed by atoms with E-state index in [4.69, 9.17) is 10.5 Å². The summed E-state index contributed by atoms with van der Waals surface area (Å²) in [6, 6.07) is 13.3. The number of methoxy groups -OCH3 is 1. The number of anilines is 1. The van der Waals surface area contributed by atoms with E-state index in [0.29, 0.717) is 5.82 Å². The largest absolute Gasteiger partial charge is 0.497 e. The average Bonchev–Trinajstić information content (AvgIpc) is 2.90. The topological polar surface area (TPSA) is 66.0 Å². The van der Waals surface area contributed by atoms with Gasteiger partial charge in [-0.2, -0.15) is 5.10 Å². The number of rotatable bonds is 3. The molecule has 0 bridgehead atoms. The van der Waals surface area contributed by atoms with Gasteiger partial charge in [-0.15, -0.1) is 0 Å². The molecule has 3 aromatic rings. The van der Waals surface area contributed by atoms with Crippen molar-refractivity contribution in [2.75, 3.05) is 12.8 Å². The monoisotopic (exact) mass is 266 g/mol. The van der Waals surface area contributed by atoms with Crippen LogP contribution in [0.1, 0.15) is 0 Å². The lowest BCUT2D eigenvalue weighted by atomic mass is 10.1. The molecular weight excluding hydrogens is 252 g/mol. The third kappa shape index (κ3) is 2.21. The van der Waals surface area contributed by atoms with Gasteiger partial charge in [-0.3, -0.25) is 4.98 Å². The Labute approximate surface area is 116 Å². The van der Waals surface area contributed by atoms with Crippen molar-refractivity contribution in [3.05, 3.63) is 54.9 Å². The first-order chi connectivity index (χ1) is 9.78. The van der Waals surface area contributed by atoms with Crippen molar-refractivity contribution in [2.24, 2.45) is 0 Å². The second-order valence-corrected chi connectivity index (χ2v) is 4.30. The quantitative estimate of drug-likeness (QED) is 0.791. The van der Waals surface area contributed by atoms with Crippen molar-refractivity contribution >= 4 is 5.82 Å². The van der Waals surface area contributed by atoms with Crippen LogP contribution in [-0.2, 0) is 0 Å². The van der Waals surface area contributed by atoms with Gasteiger partial charge < -0.3 is 10.5 Å². The molecule has 0 spiro atoms. The molecule has 0 saturated carbocycles. The Bertz CT molecular complexity index is 722. The highest BCUT2D eigenvalue weighted by molar-refractivity contribution is 5.65. The summed E-state index contributed by atoms with van der Waals surface area (Å²) >= 11 is 0. The van der Waals surface area contributed by atoms with Crippen molar-refractivity contribution in [1.29, 1.82) is 0 Å². The molecule has 0 amide bonds. The van der Waals surface area contributed by atoms with Crippen molar-refractivity contribution in [2.45, 2.75) is 0 Å². The van der Waals surface area contributed by atoms with Crippen LogP contribution in [0.25, 0.3) is 16.9 Å². The van der Waals surface area contributed by atoms with Crippen molar-refractivity contribution < 1.29 is 4.74 Å². The predicted molar refractivity (Wildman–Crippen MR) is 77.8 cm³/mol. The van der Waals surface area contributed by atoms with Crippen LogP contribution in [0.15, 0.2) is 54.9 Å². The van der Waals surface area contributed by atoms with Gasteiger partial charge in [-0.1, -0.05) is 12.1 Å². The molecule has 100 valence electrons. The molecule has 0 unspecified atom stereocenters. The lowest BCUT2D eigenvalue weighted by Crippen LogP contribution is -2.01. The van der Waals surface area contributed by atoms with Crippen LogP contribution in [0.2, 0.25) is 0 Å². The molecule has 0 aliphatic heterocycles. The maximum Gasteiger partial charge on any atom is 0.127 e. The van der Waals surface area contributed by atoms with Gasteiger partial charge >= 0.3 is 0 Å². The summed E-state index contributed by atoms with van der Waals surface area (Å²) in [6.07, 6.45) is 3.42. The van der Waals surface area contributed by atoms with Gasteiger partial charge in [-0.25, -0.2) is 4.68 Å². The van der Waals surface area contributed by atoms with Crippen molar-refractivity contribution in [1.82, 2.24) is 14.8 Å². The molecule has 0 aliphatic rings. The predicted octanol–water partition coefficient (Wildman–Crippen LogP) is 2.53. The smallest absolute Gasteiger partial charge is 0.127 e. The average molecular weight is 266 g/mol. The summed E-state index contributed by atoms with van der Waals surface area (Å²) in [6.45, 7) is 0. The number of nitrogen functional groups attached to an aromatic ring is 1. The summed E-state index contributed by atoms with van der Waals surface area (Å²) in [5.74, 6) is 1.37. The second kappa shape index (κ2) is 5.05. The van der Waals surface area contributed by atoms with E-state index in [2.05, 4.69) is 10.1 Å². The summed E-state index contributed by atoms with van der Waals surface area (Å²) in [7, 11) is 1.64. The summed E-state index contributed by atoms with van der Waals surface area (Å²) in [4.78, 5) is 3.99. The first-order valence-electron chi connectivity index (χ1n) is 6.18. The number of benzene rings is 1.